The van der Waals surface area contributed by atoms with Crippen LogP contribution in [-0.4, -0.2) is 25.8 Å². The summed E-state index contributed by atoms with van der Waals surface area (Å²) in [5.74, 6) is -0.477. The van der Waals surface area contributed by atoms with Crippen molar-refractivity contribution >= 4 is 29.3 Å². The number of aryl methyl sites for hydroxylation is 1. The molecule has 1 N–H and O–H groups in total. The van der Waals surface area contributed by atoms with Crippen molar-refractivity contribution in [3.63, 3.8) is 0 Å². The van der Waals surface area contributed by atoms with Gasteiger partial charge in [-0.15, -0.1) is 11.8 Å². The van der Waals surface area contributed by atoms with Crippen LogP contribution in [0.1, 0.15) is 16.1 Å². The molecule has 0 spiro atoms. The van der Waals surface area contributed by atoms with Crippen molar-refractivity contribution in [1.82, 2.24) is 14.8 Å². The first kappa shape index (κ1) is 12.9. The zero-order chi connectivity index (χ0) is 13.1. The van der Waals surface area contributed by atoms with E-state index in [-0.39, 0.29) is 5.56 Å². The van der Waals surface area contributed by atoms with Gasteiger partial charge in [0.1, 0.15) is 5.56 Å². The summed E-state index contributed by atoms with van der Waals surface area (Å²) in [7, 11) is 1.72. The maximum Gasteiger partial charge on any atom is 0.339 e. The Kier molecular flexibility index (Phi) is 3.88. The molecule has 94 valence electrons. The Bertz CT molecular complexity index is 568. The van der Waals surface area contributed by atoms with E-state index >= 15 is 0 Å². The first-order valence-electron chi connectivity index (χ1n) is 5.06. The highest BCUT2D eigenvalue weighted by Crippen LogP contribution is 2.23. The number of carboxylic acids is 1. The second-order valence-electron chi connectivity index (χ2n) is 3.54. The van der Waals surface area contributed by atoms with E-state index in [0.717, 1.165) is 5.03 Å². The molecule has 0 saturated heterocycles. The van der Waals surface area contributed by atoms with E-state index in [0.29, 0.717) is 16.5 Å². The van der Waals surface area contributed by atoms with Crippen molar-refractivity contribution in [3.8, 4) is 0 Å². The van der Waals surface area contributed by atoms with E-state index < -0.39 is 5.97 Å². The third-order valence-corrected chi connectivity index (χ3v) is 3.53. The first-order chi connectivity index (χ1) is 8.58. The number of aromatic carboxylic acids is 1. The van der Waals surface area contributed by atoms with E-state index in [1.807, 2.05) is 0 Å². The Hall–Kier alpha value is -1.53. The van der Waals surface area contributed by atoms with Gasteiger partial charge in [0.15, 0.2) is 0 Å². The van der Waals surface area contributed by atoms with Crippen LogP contribution in [0.5, 0.6) is 0 Å². The molecule has 5 nitrogen and oxygen atoms in total. The molecule has 0 radical (unpaired) electrons. The first-order valence-corrected chi connectivity index (χ1v) is 6.43. The molecule has 0 unspecified atom stereocenters. The molecule has 0 bridgehead atoms. The molecule has 0 aliphatic carbocycles. The molecule has 18 heavy (non-hydrogen) atoms. The number of carboxylic acid groups (broad SMARTS) is 1. The average molecular weight is 284 g/mol. The minimum Gasteiger partial charge on any atom is -0.478 e. The molecule has 0 aliphatic heterocycles. The molecule has 2 aromatic heterocycles. The Morgan fingerprint density at radius 2 is 2.28 bits per heavy atom. The highest BCUT2D eigenvalue weighted by molar-refractivity contribution is 7.98. The number of aromatic nitrogens is 3. The number of thioether (sulfide) groups is 1. The van der Waals surface area contributed by atoms with Crippen molar-refractivity contribution < 1.29 is 9.90 Å². The molecule has 2 heterocycles. The molecular formula is C11H10ClN3O2S. The summed E-state index contributed by atoms with van der Waals surface area (Å²) in [6.45, 7) is 0. The fourth-order valence-electron chi connectivity index (χ4n) is 1.40. The molecule has 0 aliphatic rings. The van der Waals surface area contributed by atoms with Crippen LogP contribution in [0.2, 0.25) is 5.02 Å². The topological polar surface area (TPSA) is 68.0 Å². The summed E-state index contributed by atoms with van der Waals surface area (Å²) in [5, 5.41) is 14.3. The van der Waals surface area contributed by atoms with Crippen LogP contribution in [-0.2, 0) is 12.8 Å². The summed E-state index contributed by atoms with van der Waals surface area (Å²) in [5.41, 5.74) is 0.878. The van der Waals surface area contributed by atoms with Crippen LogP contribution in [0, 0.1) is 0 Å². The van der Waals surface area contributed by atoms with E-state index in [1.54, 1.807) is 30.1 Å². The van der Waals surface area contributed by atoms with Crippen LogP contribution in [0.15, 0.2) is 29.6 Å². The lowest BCUT2D eigenvalue weighted by Crippen LogP contribution is -2.03. The summed E-state index contributed by atoms with van der Waals surface area (Å²) in [6, 6.07) is 3.54. The predicted molar refractivity (Wildman–Crippen MR) is 69.0 cm³/mol. The van der Waals surface area contributed by atoms with Gasteiger partial charge < -0.3 is 5.11 Å². The molecule has 2 aromatic rings. The van der Waals surface area contributed by atoms with Gasteiger partial charge in [0.25, 0.3) is 0 Å². The number of pyridine rings is 1. The summed E-state index contributed by atoms with van der Waals surface area (Å²) < 4.78 is 1.56. The lowest BCUT2D eigenvalue weighted by Gasteiger charge is -2.03. The molecule has 7 heteroatoms. The van der Waals surface area contributed by atoms with Crippen LogP contribution < -0.4 is 0 Å². The van der Waals surface area contributed by atoms with Gasteiger partial charge in [-0.1, -0.05) is 11.6 Å². The Morgan fingerprint density at radius 1 is 1.50 bits per heavy atom. The van der Waals surface area contributed by atoms with Crippen molar-refractivity contribution in [2.24, 2.45) is 7.05 Å². The normalized spacial score (nSPS) is 10.6. The average Bonchev–Trinajstić information content (AvgIpc) is 2.70. The van der Waals surface area contributed by atoms with Gasteiger partial charge in [-0.25, -0.2) is 9.78 Å². The van der Waals surface area contributed by atoms with Crippen molar-refractivity contribution in [1.29, 1.82) is 0 Å². The van der Waals surface area contributed by atoms with Crippen LogP contribution in [0.25, 0.3) is 0 Å². The number of nitrogens with zero attached hydrogens (tertiary/aromatic N) is 3. The lowest BCUT2D eigenvalue weighted by atomic mass is 10.3. The van der Waals surface area contributed by atoms with Crippen LogP contribution in [0.3, 0.4) is 0 Å². The second-order valence-corrected chi connectivity index (χ2v) is 4.97. The molecule has 0 aromatic carbocycles. The smallest absolute Gasteiger partial charge is 0.339 e. The van der Waals surface area contributed by atoms with Gasteiger partial charge in [0.2, 0.25) is 0 Å². The quantitative estimate of drug-likeness (QED) is 0.873. The van der Waals surface area contributed by atoms with E-state index in [4.69, 9.17) is 16.7 Å². The number of hydrogen-bond donors (Lipinski definition) is 1. The summed E-state index contributed by atoms with van der Waals surface area (Å²) in [4.78, 5) is 15.1. The van der Waals surface area contributed by atoms with Gasteiger partial charge in [0, 0.05) is 19.0 Å². The molecule has 0 saturated carbocycles. The SMILES string of the molecule is Cn1ncc(C(=O)O)c1CSc1ccc(Cl)cn1. The maximum atomic E-state index is 11.0. The number of rotatable bonds is 4. The minimum absolute atomic E-state index is 0.221. The highest BCUT2D eigenvalue weighted by atomic mass is 35.5. The van der Waals surface area contributed by atoms with Crippen LogP contribution in [0.4, 0.5) is 0 Å². The van der Waals surface area contributed by atoms with Crippen molar-refractivity contribution in [3.05, 3.63) is 40.8 Å². The zero-order valence-electron chi connectivity index (χ0n) is 9.50. The monoisotopic (exact) mass is 283 g/mol. The third-order valence-electron chi connectivity index (χ3n) is 2.35. The molecule has 0 fully saturated rings. The Balaban J connectivity index is 2.12. The Morgan fingerprint density at radius 3 is 2.89 bits per heavy atom. The maximum absolute atomic E-state index is 11.0. The second kappa shape index (κ2) is 5.41. The molecule has 0 atom stereocenters. The number of carbonyl (C=O) groups is 1. The lowest BCUT2D eigenvalue weighted by molar-refractivity contribution is 0.0696. The van der Waals surface area contributed by atoms with Gasteiger partial charge >= 0.3 is 5.97 Å². The van der Waals surface area contributed by atoms with E-state index in [2.05, 4.69) is 10.1 Å². The largest absolute Gasteiger partial charge is 0.478 e. The van der Waals surface area contributed by atoms with Gasteiger partial charge in [-0.2, -0.15) is 5.10 Å². The Labute approximate surface area is 113 Å². The predicted octanol–water partition coefficient (Wildman–Crippen LogP) is 2.46. The number of hydrogen-bond acceptors (Lipinski definition) is 4. The summed E-state index contributed by atoms with van der Waals surface area (Å²) in [6.07, 6.45) is 2.92. The fraction of sp³-hybridized carbons (Fsp3) is 0.182. The highest BCUT2D eigenvalue weighted by Gasteiger charge is 2.15. The van der Waals surface area contributed by atoms with Crippen LogP contribution >= 0.6 is 23.4 Å². The molecule has 0 amide bonds. The molecular weight excluding hydrogens is 274 g/mol. The van der Waals surface area contributed by atoms with Gasteiger partial charge in [0.05, 0.1) is 21.9 Å². The fourth-order valence-corrected chi connectivity index (χ4v) is 2.43. The minimum atomic E-state index is -0.970. The van der Waals surface area contributed by atoms with Gasteiger partial charge in [-0.3, -0.25) is 4.68 Å². The van der Waals surface area contributed by atoms with Crippen molar-refractivity contribution in [2.75, 3.05) is 0 Å². The van der Waals surface area contributed by atoms with Gasteiger partial charge in [-0.05, 0) is 12.1 Å². The molecule has 2 rings (SSSR count). The van der Waals surface area contributed by atoms with E-state index in [9.17, 15) is 4.79 Å². The summed E-state index contributed by atoms with van der Waals surface area (Å²) >= 11 is 7.18. The standard InChI is InChI=1S/C11H10ClN3O2S/c1-15-9(8(5-14-15)11(16)17)6-18-10-3-2-7(12)4-13-10/h2-5H,6H2,1H3,(H,16,17). The van der Waals surface area contributed by atoms with E-state index in [1.165, 1.54) is 18.0 Å². The zero-order valence-corrected chi connectivity index (χ0v) is 11.1. The third kappa shape index (κ3) is 2.83. The van der Waals surface area contributed by atoms with Crippen molar-refractivity contribution in [2.45, 2.75) is 10.8 Å². The number of halogens is 1.